The highest BCUT2D eigenvalue weighted by Crippen LogP contribution is 2.42. The van der Waals surface area contributed by atoms with Gasteiger partial charge in [-0.2, -0.15) is 4.98 Å². The van der Waals surface area contributed by atoms with E-state index in [4.69, 9.17) is 10.3 Å². The van der Waals surface area contributed by atoms with Crippen molar-refractivity contribution < 1.29 is 22.8 Å². The summed E-state index contributed by atoms with van der Waals surface area (Å²) >= 11 is 0. The van der Waals surface area contributed by atoms with Crippen LogP contribution in [0.4, 0.5) is 8.78 Å². The lowest BCUT2D eigenvalue weighted by molar-refractivity contribution is -0.286. The Balaban J connectivity index is 1.97. The maximum absolute atomic E-state index is 12.8. The monoisotopic (exact) mass is 255 g/mol. The number of nitrogens with zero attached hydrogens (tertiary/aromatic N) is 2. The van der Waals surface area contributed by atoms with Gasteiger partial charge in [0.1, 0.15) is 0 Å². The van der Waals surface area contributed by atoms with Gasteiger partial charge in [-0.15, -0.1) is 8.78 Å². The summed E-state index contributed by atoms with van der Waals surface area (Å²) in [5.74, 6) is 0.396. The number of nitrogens with two attached hydrogens (primary N) is 1. The first-order chi connectivity index (χ1) is 8.57. The van der Waals surface area contributed by atoms with Gasteiger partial charge in [0.25, 0.3) is 0 Å². The molecule has 0 radical (unpaired) electrons. The first kappa shape index (κ1) is 10.9. The van der Waals surface area contributed by atoms with Gasteiger partial charge in [-0.05, 0) is 18.2 Å². The highest BCUT2D eigenvalue weighted by atomic mass is 19.3. The van der Waals surface area contributed by atoms with Crippen molar-refractivity contribution in [3.63, 3.8) is 0 Å². The second-order valence-corrected chi connectivity index (χ2v) is 3.54. The van der Waals surface area contributed by atoms with Gasteiger partial charge >= 0.3 is 6.29 Å². The number of hydrogen-bond acceptors (Lipinski definition) is 6. The minimum Gasteiger partial charge on any atom is -0.395 e. The van der Waals surface area contributed by atoms with Gasteiger partial charge in [0.15, 0.2) is 11.5 Å². The van der Waals surface area contributed by atoms with Crippen molar-refractivity contribution in [1.82, 2.24) is 10.1 Å². The molecule has 0 saturated heterocycles. The van der Waals surface area contributed by atoms with Crippen LogP contribution in [-0.4, -0.2) is 16.4 Å². The SMILES string of the molecule is NCc1nc(-c2ccc3c(c2)OC(F)(F)O3)no1. The van der Waals surface area contributed by atoms with E-state index in [0.29, 0.717) is 5.56 Å². The Morgan fingerprint density at radius 1 is 1.22 bits per heavy atom. The standard InChI is InChI=1S/C10H7F2N3O3/c11-10(12)16-6-2-1-5(3-7(6)17-10)9-14-8(4-13)18-15-9/h1-3H,4,13H2. The van der Waals surface area contributed by atoms with E-state index in [2.05, 4.69) is 19.6 Å². The first-order valence-corrected chi connectivity index (χ1v) is 5.00. The zero-order chi connectivity index (χ0) is 12.8. The molecule has 0 aliphatic carbocycles. The van der Waals surface area contributed by atoms with Gasteiger partial charge in [-0.3, -0.25) is 0 Å². The molecule has 0 atom stereocenters. The van der Waals surface area contributed by atoms with Crippen molar-refractivity contribution in [2.24, 2.45) is 5.73 Å². The van der Waals surface area contributed by atoms with Crippen LogP contribution in [0.25, 0.3) is 11.4 Å². The average molecular weight is 255 g/mol. The molecule has 0 saturated carbocycles. The summed E-state index contributed by atoms with van der Waals surface area (Å²) in [5.41, 5.74) is 5.80. The topological polar surface area (TPSA) is 83.4 Å². The van der Waals surface area contributed by atoms with Gasteiger partial charge in [0, 0.05) is 5.56 Å². The van der Waals surface area contributed by atoms with Crippen molar-refractivity contribution in [1.29, 1.82) is 0 Å². The van der Waals surface area contributed by atoms with Gasteiger partial charge in [-0.25, -0.2) is 0 Å². The number of aromatic nitrogens is 2. The molecule has 3 rings (SSSR count). The molecule has 2 N–H and O–H groups in total. The minimum atomic E-state index is -3.64. The van der Waals surface area contributed by atoms with Crippen LogP contribution >= 0.6 is 0 Å². The van der Waals surface area contributed by atoms with Crippen LogP contribution in [0.1, 0.15) is 5.89 Å². The van der Waals surface area contributed by atoms with E-state index in [9.17, 15) is 8.78 Å². The predicted octanol–water partition coefficient (Wildman–Crippen LogP) is 1.52. The van der Waals surface area contributed by atoms with Crippen LogP contribution in [0.2, 0.25) is 0 Å². The van der Waals surface area contributed by atoms with Gasteiger partial charge < -0.3 is 19.7 Å². The fourth-order valence-electron chi connectivity index (χ4n) is 1.54. The van der Waals surface area contributed by atoms with E-state index in [1.54, 1.807) is 0 Å². The third-order valence-electron chi connectivity index (χ3n) is 2.30. The van der Waals surface area contributed by atoms with E-state index >= 15 is 0 Å². The Bertz CT molecular complexity index is 600. The van der Waals surface area contributed by atoms with Gasteiger partial charge in [-0.1, -0.05) is 5.16 Å². The molecule has 0 amide bonds. The maximum Gasteiger partial charge on any atom is 0.586 e. The fourth-order valence-corrected chi connectivity index (χ4v) is 1.54. The fraction of sp³-hybridized carbons (Fsp3) is 0.200. The zero-order valence-corrected chi connectivity index (χ0v) is 8.89. The maximum atomic E-state index is 12.8. The number of hydrogen-bond donors (Lipinski definition) is 1. The van der Waals surface area contributed by atoms with Crippen LogP contribution < -0.4 is 15.2 Å². The molecule has 1 aromatic heterocycles. The Labute approximate surface area is 99.3 Å². The Morgan fingerprint density at radius 2 is 2.00 bits per heavy atom. The van der Waals surface area contributed by atoms with Gasteiger partial charge in [0.05, 0.1) is 6.54 Å². The molecule has 0 unspecified atom stereocenters. The molecule has 2 heterocycles. The predicted molar refractivity (Wildman–Crippen MR) is 53.8 cm³/mol. The van der Waals surface area contributed by atoms with E-state index in [0.717, 1.165) is 0 Å². The summed E-state index contributed by atoms with van der Waals surface area (Å²) in [6.07, 6.45) is -3.64. The Morgan fingerprint density at radius 3 is 2.72 bits per heavy atom. The van der Waals surface area contributed by atoms with Crippen molar-refractivity contribution >= 4 is 0 Å². The molecule has 18 heavy (non-hydrogen) atoms. The summed E-state index contributed by atoms with van der Waals surface area (Å²) < 4.78 is 39.1. The molecule has 1 aliphatic heterocycles. The van der Waals surface area contributed by atoms with Crippen LogP contribution in [-0.2, 0) is 6.54 Å². The van der Waals surface area contributed by atoms with Gasteiger partial charge in [0.2, 0.25) is 11.7 Å². The molecule has 8 heteroatoms. The third-order valence-corrected chi connectivity index (χ3v) is 2.30. The number of alkyl halides is 2. The van der Waals surface area contributed by atoms with Crippen LogP contribution in [0, 0.1) is 0 Å². The quantitative estimate of drug-likeness (QED) is 0.875. The lowest BCUT2D eigenvalue weighted by Gasteiger charge is -2.04. The van der Waals surface area contributed by atoms with E-state index < -0.39 is 6.29 Å². The van der Waals surface area contributed by atoms with E-state index in [1.807, 2.05) is 0 Å². The molecule has 1 aromatic carbocycles. The summed E-state index contributed by atoms with van der Waals surface area (Å²) in [7, 11) is 0. The second kappa shape index (κ2) is 3.64. The Kier molecular flexibility index (Phi) is 2.20. The molecular formula is C10H7F2N3O3. The van der Waals surface area contributed by atoms with Crippen LogP contribution in [0.15, 0.2) is 22.7 Å². The number of halogens is 2. The molecule has 0 bridgehead atoms. The first-order valence-electron chi connectivity index (χ1n) is 5.00. The number of benzene rings is 1. The van der Waals surface area contributed by atoms with Crippen LogP contribution in [0.3, 0.4) is 0 Å². The molecule has 0 fully saturated rings. The molecule has 2 aromatic rings. The van der Waals surface area contributed by atoms with Crippen molar-refractivity contribution in [2.75, 3.05) is 0 Å². The summed E-state index contributed by atoms with van der Waals surface area (Å²) in [4.78, 5) is 3.97. The van der Waals surface area contributed by atoms with Crippen molar-refractivity contribution in [2.45, 2.75) is 12.8 Å². The Hall–Kier alpha value is -2.22. The average Bonchev–Trinajstić information content (AvgIpc) is 2.89. The zero-order valence-electron chi connectivity index (χ0n) is 8.89. The molecule has 94 valence electrons. The van der Waals surface area contributed by atoms with E-state index in [-0.39, 0.29) is 29.8 Å². The summed E-state index contributed by atoms with van der Waals surface area (Å²) in [5, 5.41) is 3.67. The third kappa shape index (κ3) is 1.76. The van der Waals surface area contributed by atoms with Crippen molar-refractivity contribution in [3.8, 4) is 22.9 Å². The number of ether oxygens (including phenoxy) is 2. The van der Waals surface area contributed by atoms with E-state index in [1.165, 1.54) is 18.2 Å². The minimum absolute atomic E-state index is 0.0358. The smallest absolute Gasteiger partial charge is 0.395 e. The summed E-state index contributed by atoms with van der Waals surface area (Å²) in [6.45, 7) is 0.107. The molecule has 0 spiro atoms. The number of fused-ring (bicyclic) bond motifs is 1. The lowest BCUT2D eigenvalue weighted by Crippen LogP contribution is -2.25. The highest BCUT2D eigenvalue weighted by Gasteiger charge is 2.43. The van der Waals surface area contributed by atoms with Crippen molar-refractivity contribution in [3.05, 3.63) is 24.1 Å². The molecular weight excluding hydrogens is 248 g/mol. The largest absolute Gasteiger partial charge is 0.586 e. The number of rotatable bonds is 2. The summed E-state index contributed by atoms with van der Waals surface area (Å²) in [6, 6.07) is 4.22. The lowest BCUT2D eigenvalue weighted by atomic mass is 10.2. The highest BCUT2D eigenvalue weighted by molar-refractivity contribution is 5.61. The normalized spacial score (nSPS) is 15.9. The second-order valence-electron chi connectivity index (χ2n) is 3.54. The van der Waals surface area contributed by atoms with Crippen LogP contribution in [0.5, 0.6) is 11.5 Å². The molecule has 6 nitrogen and oxygen atoms in total. The molecule has 1 aliphatic rings.